The fourth-order valence-corrected chi connectivity index (χ4v) is 4.37. The number of hydrogen-bond donors (Lipinski definition) is 1. The van der Waals surface area contributed by atoms with Crippen molar-refractivity contribution in [3.8, 4) is 0 Å². The van der Waals surface area contributed by atoms with Crippen LogP contribution in [0.5, 0.6) is 0 Å². The first-order valence-electron chi connectivity index (χ1n) is 7.88. The Morgan fingerprint density at radius 3 is 2.39 bits per heavy atom. The number of nitrogens with zero attached hydrogens (tertiary/aromatic N) is 1. The summed E-state index contributed by atoms with van der Waals surface area (Å²) in [6, 6.07) is 0. The van der Waals surface area contributed by atoms with Gasteiger partial charge in [0, 0.05) is 18.6 Å². The zero-order chi connectivity index (χ0) is 13.4. The molecule has 2 aliphatic rings. The summed E-state index contributed by atoms with van der Waals surface area (Å²) in [5, 5.41) is 0. The molecule has 2 N–H and O–H groups in total. The first kappa shape index (κ1) is 14.3. The lowest BCUT2D eigenvalue weighted by Crippen LogP contribution is -2.63. The molecule has 2 unspecified atom stereocenters. The molecular weight excluding hydrogens is 220 g/mol. The van der Waals surface area contributed by atoms with Crippen molar-refractivity contribution in [2.75, 3.05) is 19.6 Å². The van der Waals surface area contributed by atoms with Gasteiger partial charge in [0.15, 0.2) is 0 Å². The number of nitrogens with two attached hydrogens (primary N) is 1. The molecule has 1 saturated carbocycles. The van der Waals surface area contributed by atoms with Crippen molar-refractivity contribution in [3.63, 3.8) is 0 Å². The van der Waals surface area contributed by atoms with Crippen LogP contribution >= 0.6 is 0 Å². The maximum absolute atomic E-state index is 6.27. The Morgan fingerprint density at radius 1 is 1.22 bits per heavy atom. The molecule has 1 aliphatic carbocycles. The topological polar surface area (TPSA) is 29.3 Å². The molecule has 1 saturated heterocycles. The van der Waals surface area contributed by atoms with Gasteiger partial charge >= 0.3 is 0 Å². The van der Waals surface area contributed by atoms with E-state index in [9.17, 15) is 0 Å². The average Bonchev–Trinajstić information content (AvgIpc) is 2.79. The van der Waals surface area contributed by atoms with E-state index in [0.717, 1.165) is 18.4 Å². The second-order valence-electron chi connectivity index (χ2n) is 7.57. The summed E-state index contributed by atoms with van der Waals surface area (Å²) in [5.41, 5.74) is 6.93. The molecule has 0 radical (unpaired) electrons. The molecule has 2 nitrogen and oxygen atoms in total. The number of rotatable bonds is 3. The van der Waals surface area contributed by atoms with Crippen LogP contribution < -0.4 is 5.73 Å². The van der Waals surface area contributed by atoms with Gasteiger partial charge in [-0.3, -0.25) is 4.90 Å². The Morgan fingerprint density at radius 2 is 1.89 bits per heavy atom. The van der Waals surface area contributed by atoms with Crippen LogP contribution in [-0.2, 0) is 0 Å². The molecule has 0 bridgehead atoms. The van der Waals surface area contributed by atoms with Crippen molar-refractivity contribution in [2.24, 2.45) is 23.0 Å². The monoisotopic (exact) mass is 252 g/mol. The molecule has 0 spiro atoms. The summed E-state index contributed by atoms with van der Waals surface area (Å²) in [7, 11) is 0. The Bertz CT molecular complexity index is 285. The highest BCUT2D eigenvalue weighted by Gasteiger charge is 2.51. The zero-order valence-corrected chi connectivity index (χ0v) is 12.8. The van der Waals surface area contributed by atoms with Gasteiger partial charge in [0.1, 0.15) is 0 Å². The van der Waals surface area contributed by atoms with E-state index in [0.29, 0.717) is 5.41 Å². The Labute approximate surface area is 113 Å². The molecule has 0 aromatic heterocycles. The Kier molecular flexibility index (Phi) is 4.08. The van der Waals surface area contributed by atoms with Gasteiger partial charge in [0.2, 0.25) is 0 Å². The highest BCUT2D eigenvalue weighted by Crippen LogP contribution is 2.48. The highest BCUT2D eigenvalue weighted by atomic mass is 15.2. The minimum atomic E-state index is 0.273. The van der Waals surface area contributed by atoms with Gasteiger partial charge in [0.05, 0.1) is 0 Å². The lowest BCUT2D eigenvalue weighted by molar-refractivity contribution is -0.0333. The largest absolute Gasteiger partial charge is 0.329 e. The number of likely N-dealkylation sites (tertiary alicyclic amines) is 1. The van der Waals surface area contributed by atoms with Crippen LogP contribution in [0.25, 0.3) is 0 Å². The molecule has 1 aliphatic heterocycles. The van der Waals surface area contributed by atoms with Gasteiger partial charge in [-0.05, 0) is 43.1 Å². The van der Waals surface area contributed by atoms with Crippen LogP contribution in [0.1, 0.15) is 59.8 Å². The van der Waals surface area contributed by atoms with Crippen molar-refractivity contribution in [1.82, 2.24) is 4.90 Å². The molecule has 2 atom stereocenters. The van der Waals surface area contributed by atoms with E-state index < -0.39 is 0 Å². The third-order valence-corrected chi connectivity index (χ3v) is 6.01. The molecule has 2 heteroatoms. The molecular formula is C16H32N2. The zero-order valence-electron chi connectivity index (χ0n) is 12.8. The number of hydrogen-bond acceptors (Lipinski definition) is 2. The first-order valence-corrected chi connectivity index (χ1v) is 7.88. The summed E-state index contributed by atoms with van der Waals surface area (Å²) in [6.45, 7) is 13.0. The minimum absolute atomic E-state index is 0.273. The molecule has 0 aromatic carbocycles. The fourth-order valence-electron chi connectivity index (χ4n) is 4.37. The molecule has 2 fully saturated rings. The minimum Gasteiger partial charge on any atom is -0.329 e. The summed E-state index contributed by atoms with van der Waals surface area (Å²) in [6.07, 6.45) is 6.77. The van der Waals surface area contributed by atoms with E-state index in [4.69, 9.17) is 5.73 Å². The van der Waals surface area contributed by atoms with Crippen LogP contribution in [0.3, 0.4) is 0 Å². The molecule has 2 rings (SSSR count). The molecule has 1 heterocycles. The van der Waals surface area contributed by atoms with Crippen LogP contribution in [0.2, 0.25) is 0 Å². The van der Waals surface area contributed by atoms with Crippen LogP contribution in [0.15, 0.2) is 0 Å². The van der Waals surface area contributed by atoms with Crippen LogP contribution in [0, 0.1) is 17.3 Å². The van der Waals surface area contributed by atoms with E-state index in [1.165, 1.54) is 45.2 Å². The summed E-state index contributed by atoms with van der Waals surface area (Å²) >= 11 is 0. The van der Waals surface area contributed by atoms with Crippen LogP contribution in [-0.4, -0.2) is 30.1 Å². The van der Waals surface area contributed by atoms with Crippen molar-refractivity contribution in [3.05, 3.63) is 0 Å². The van der Waals surface area contributed by atoms with Gasteiger partial charge in [-0.1, -0.05) is 40.5 Å². The summed E-state index contributed by atoms with van der Waals surface area (Å²) < 4.78 is 0. The van der Waals surface area contributed by atoms with E-state index in [1.807, 2.05) is 0 Å². The predicted molar refractivity (Wildman–Crippen MR) is 78.6 cm³/mol. The quantitative estimate of drug-likeness (QED) is 0.835. The fraction of sp³-hybridized carbons (Fsp3) is 1.00. The SMILES string of the molecule is CC(C)C1CCN(C2(CN)CCCCC2(C)C)C1. The Balaban J connectivity index is 2.17. The molecule has 106 valence electrons. The lowest BCUT2D eigenvalue weighted by atomic mass is 9.62. The molecule has 0 amide bonds. The predicted octanol–water partition coefficient (Wildman–Crippen LogP) is 3.26. The third-order valence-electron chi connectivity index (χ3n) is 6.01. The second-order valence-corrected chi connectivity index (χ2v) is 7.57. The van der Waals surface area contributed by atoms with Crippen molar-refractivity contribution >= 4 is 0 Å². The standard InChI is InChI=1S/C16H32N2/c1-13(2)14-7-10-18(11-14)16(12-17)9-6-5-8-15(16,3)4/h13-14H,5-12,17H2,1-4H3. The normalized spacial score (nSPS) is 37.3. The highest BCUT2D eigenvalue weighted by molar-refractivity contribution is 5.06. The van der Waals surface area contributed by atoms with Gasteiger partial charge in [0.25, 0.3) is 0 Å². The third kappa shape index (κ3) is 2.22. The van der Waals surface area contributed by atoms with Gasteiger partial charge < -0.3 is 5.73 Å². The van der Waals surface area contributed by atoms with Crippen molar-refractivity contribution < 1.29 is 0 Å². The van der Waals surface area contributed by atoms with Gasteiger partial charge in [-0.2, -0.15) is 0 Å². The maximum atomic E-state index is 6.27. The lowest BCUT2D eigenvalue weighted by Gasteiger charge is -2.55. The first-order chi connectivity index (χ1) is 8.43. The second kappa shape index (κ2) is 5.13. The van der Waals surface area contributed by atoms with Gasteiger partial charge in [-0.15, -0.1) is 0 Å². The summed E-state index contributed by atoms with van der Waals surface area (Å²) in [4.78, 5) is 2.76. The molecule has 18 heavy (non-hydrogen) atoms. The molecule has 0 aromatic rings. The van der Waals surface area contributed by atoms with E-state index in [2.05, 4.69) is 32.6 Å². The van der Waals surface area contributed by atoms with E-state index in [1.54, 1.807) is 0 Å². The van der Waals surface area contributed by atoms with Crippen molar-refractivity contribution in [2.45, 2.75) is 65.3 Å². The van der Waals surface area contributed by atoms with E-state index >= 15 is 0 Å². The summed E-state index contributed by atoms with van der Waals surface area (Å²) in [5.74, 6) is 1.70. The van der Waals surface area contributed by atoms with E-state index in [-0.39, 0.29) is 5.54 Å². The average molecular weight is 252 g/mol. The smallest absolute Gasteiger partial charge is 0.0382 e. The maximum Gasteiger partial charge on any atom is 0.0382 e. The Hall–Kier alpha value is -0.0800. The van der Waals surface area contributed by atoms with Crippen LogP contribution in [0.4, 0.5) is 0 Å². The van der Waals surface area contributed by atoms with Crippen molar-refractivity contribution in [1.29, 1.82) is 0 Å². The van der Waals surface area contributed by atoms with Gasteiger partial charge in [-0.25, -0.2) is 0 Å².